The topological polar surface area (TPSA) is 73.0 Å². The van der Waals surface area contributed by atoms with Crippen molar-refractivity contribution in [2.24, 2.45) is 0 Å². The zero-order chi connectivity index (χ0) is 17.2. The molecular formula is C18H13FN4O2. The van der Waals surface area contributed by atoms with E-state index in [-0.39, 0.29) is 12.3 Å². The minimum atomic E-state index is -0.391. The van der Waals surface area contributed by atoms with Crippen LogP contribution in [0.5, 0.6) is 0 Å². The molecule has 0 fully saturated rings. The first-order chi connectivity index (χ1) is 12.2. The Bertz CT molecular complexity index is 1050. The maximum atomic E-state index is 13.8. The molecule has 4 rings (SSSR count). The van der Waals surface area contributed by atoms with E-state index in [4.69, 9.17) is 4.52 Å². The zero-order valence-corrected chi connectivity index (χ0v) is 13.0. The van der Waals surface area contributed by atoms with Crippen LogP contribution in [0.2, 0.25) is 0 Å². The maximum Gasteiger partial charge on any atom is 0.230 e. The molecule has 2 aromatic heterocycles. The van der Waals surface area contributed by atoms with Crippen LogP contribution in [0.1, 0.15) is 5.69 Å². The molecule has 4 aromatic rings. The van der Waals surface area contributed by atoms with Gasteiger partial charge in [0.05, 0.1) is 24.5 Å². The monoisotopic (exact) mass is 336 g/mol. The number of anilines is 1. The lowest BCUT2D eigenvalue weighted by Gasteiger charge is -2.02. The standard InChI is InChI=1S/C18H13FN4O2/c19-14-6-2-3-7-16(14)23-11-12(10-20-23)21-18(24)9-15-13-5-1-4-8-17(13)25-22-15/h1-8,10-11H,9H2,(H,21,24). The van der Waals surface area contributed by atoms with Gasteiger partial charge in [-0.1, -0.05) is 29.4 Å². The molecule has 0 atom stereocenters. The van der Waals surface area contributed by atoms with Gasteiger partial charge in [0, 0.05) is 5.39 Å². The first-order valence-corrected chi connectivity index (χ1v) is 7.63. The van der Waals surface area contributed by atoms with Gasteiger partial charge >= 0.3 is 0 Å². The number of carbonyl (C=O) groups excluding carboxylic acids is 1. The van der Waals surface area contributed by atoms with Crippen molar-refractivity contribution in [1.82, 2.24) is 14.9 Å². The lowest BCUT2D eigenvalue weighted by atomic mass is 10.1. The molecule has 0 saturated heterocycles. The molecule has 0 saturated carbocycles. The van der Waals surface area contributed by atoms with Crippen LogP contribution in [0.15, 0.2) is 65.4 Å². The van der Waals surface area contributed by atoms with Crippen LogP contribution in [0.3, 0.4) is 0 Å². The van der Waals surface area contributed by atoms with Crippen LogP contribution >= 0.6 is 0 Å². The van der Waals surface area contributed by atoms with Crippen molar-refractivity contribution in [3.8, 4) is 5.69 Å². The number of carbonyl (C=O) groups is 1. The van der Waals surface area contributed by atoms with E-state index >= 15 is 0 Å². The molecule has 0 unspecified atom stereocenters. The Balaban J connectivity index is 1.49. The van der Waals surface area contributed by atoms with Crippen LogP contribution in [0.4, 0.5) is 10.1 Å². The third-order valence-corrected chi connectivity index (χ3v) is 3.75. The molecule has 25 heavy (non-hydrogen) atoms. The van der Waals surface area contributed by atoms with Crippen molar-refractivity contribution in [3.05, 3.63) is 72.4 Å². The first kappa shape index (κ1) is 15.1. The summed E-state index contributed by atoms with van der Waals surface area (Å²) in [6, 6.07) is 13.6. The highest BCUT2D eigenvalue weighted by Gasteiger charge is 2.13. The molecule has 0 aliphatic heterocycles. The average molecular weight is 336 g/mol. The fourth-order valence-corrected chi connectivity index (χ4v) is 2.58. The smallest absolute Gasteiger partial charge is 0.230 e. The van der Waals surface area contributed by atoms with Gasteiger partial charge in [0.25, 0.3) is 0 Å². The number of nitrogens with zero attached hydrogens (tertiary/aromatic N) is 3. The van der Waals surface area contributed by atoms with E-state index in [1.54, 1.807) is 30.5 Å². The predicted molar refractivity (Wildman–Crippen MR) is 89.9 cm³/mol. The number of hydrogen-bond donors (Lipinski definition) is 1. The molecular weight excluding hydrogens is 323 g/mol. The zero-order valence-electron chi connectivity index (χ0n) is 13.0. The fourth-order valence-electron chi connectivity index (χ4n) is 2.58. The number of benzene rings is 2. The molecule has 2 heterocycles. The normalized spacial score (nSPS) is 10.9. The quantitative estimate of drug-likeness (QED) is 0.620. The molecule has 0 radical (unpaired) electrons. The highest BCUT2D eigenvalue weighted by atomic mass is 19.1. The molecule has 124 valence electrons. The van der Waals surface area contributed by atoms with E-state index in [1.165, 1.54) is 16.9 Å². The van der Waals surface area contributed by atoms with Crippen LogP contribution in [-0.2, 0) is 11.2 Å². The molecule has 0 bridgehead atoms. The van der Waals surface area contributed by atoms with E-state index in [0.717, 1.165) is 5.39 Å². The minimum absolute atomic E-state index is 0.0713. The summed E-state index contributed by atoms with van der Waals surface area (Å²) in [7, 11) is 0. The number of halogens is 1. The summed E-state index contributed by atoms with van der Waals surface area (Å²) in [6.45, 7) is 0. The SMILES string of the molecule is O=C(Cc1noc2ccccc12)Nc1cnn(-c2ccccc2F)c1. The van der Waals surface area contributed by atoms with E-state index in [2.05, 4.69) is 15.6 Å². The number of para-hydroxylation sites is 2. The van der Waals surface area contributed by atoms with Crippen LogP contribution in [0, 0.1) is 5.82 Å². The van der Waals surface area contributed by atoms with Crippen molar-refractivity contribution in [3.63, 3.8) is 0 Å². The molecule has 0 spiro atoms. The lowest BCUT2D eigenvalue weighted by molar-refractivity contribution is -0.115. The van der Waals surface area contributed by atoms with Gasteiger partial charge in [-0.2, -0.15) is 5.10 Å². The summed E-state index contributed by atoms with van der Waals surface area (Å²) in [5, 5.41) is 11.5. The molecule has 1 amide bonds. The van der Waals surface area contributed by atoms with Crippen molar-refractivity contribution >= 4 is 22.6 Å². The fraction of sp³-hybridized carbons (Fsp3) is 0.0556. The minimum Gasteiger partial charge on any atom is -0.356 e. The molecule has 0 aliphatic carbocycles. The Morgan fingerprint density at radius 3 is 2.84 bits per heavy atom. The van der Waals surface area contributed by atoms with Gasteiger partial charge in [-0.25, -0.2) is 9.07 Å². The second-order valence-corrected chi connectivity index (χ2v) is 5.48. The Morgan fingerprint density at radius 1 is 1.16 bits per heavy atom. The summed E-state index contributed by atoms with van der Waals surface area (Å²) in [5.74, 6) is -0.648. The number of aromatic nitrogens is 3. The second-order valence-electron chi connectivity index (χ2n) is 5.48. The van der Waals surface area contributed by atoms with E-state index in [9.17, 15) is 9.18 Å². The van der Waals surface area contributed by atoms with Crippen molar-refractivity contribution in [1.29, 1.82) is 0 Å². The van der Waals surface area contributed by atoms with Crippen LogP contribution in [-0.4, -0.2) is 20.8 Å². The highest BCUT2D eigenvalue weighted by molar-refractivity contribution is 5.94. The predicted octanol–water partition coefficient (Wildman–Crippen LogP) is 3.33. The van der Waals surface area contributed by atoms with E-state index in [0.29, 0.717) is 22.7 Å². The Hall–Kier alpha value is -3.48. The number of hydrogen-bond acceptors (Lipinski definition) is 4. The van der Waals surface area contributed by atoms with Crippen LogP contribution in [0.25, 0.3) is 16.7 Å². The molecule has 0 aliphatic rings. The molecule has 7 heteroatoms. The Labute approximate surface area is 141 Å². The Morgan fingerprint density at radius 2 is 1.96 bits per heavy atom. The summed E-state index contributed by atoms with van der Waals surface area (Å²) in [6.07, 6.45) is 3.09. The summed E-state index contributed by atoms with van der Waals surface area (Å²) in [5.41, 5.74) is 1.99. The van der Waals surface area contributed by atoms with E-state index < -0.39 is 5.82 Å². The largest absolute Gasteiger partial charge is 0.356 e. The Kier molecular flexibility index (Phi) is 3.74. The highest BCUT2D eigenvalue weighted by Crippen LogP contribution is 2.19. The van der Waals surface area contributed by atoms with Gasteiger partial charge in [-0.3, -0.25) is 4.79 Å². The maximum absolute atomic E-state index is 13.8. The summed E-state index contributed by atoms with van der Waals surface area (Å²) >= 11 is 0. The molecule has 2 aromatic carbocycles. The van der Waals surface area contributed by atoms with Gasteiger partial charge in [0.1, 0.15) is 17.2 Å². The van der Waals surface area contributed by atoms with Crippen LogP contribution < -0.4 is 5.32 Å². The molecule has 1 N–H and O–H groups in total. The summed E-state index contributed by atoms with van der Waals surface area (Å²) in [4.78, 5) is 12.2. The number of fused-ring (bicyclic) bond motifs is 1. The van der Waals surface area contributed by atoms with Gasteiger partial charge in [0.15, 0.2) is 5.58 Å². The van der Waals surface area contributed by atoms with Crippen molar-refractivity contribution in [2.45, 2.75) is 6.42 Å². The van der Waals surface area contributed by atoms with Gasteiger partial charge in [0.2, 0.25) is 5.91 Å². The van der Waals surface area contributed by atoms with Crippen molar-refractivity contribution in [2.75, 3.05) is 5.32 Å². The molecule has 6 nitrogen and oxygen atoms in total. The van der Waals surface area contributed by atoms with Gasteiger partial charge in [-0.15, -0.1) is 0 Å². The third kappa shape index (κ3) is 2.99. The van der Waals surface area contributed by atoms with E-state index in [1.807, 2.05) is 18.2 Å². The second kappa shape index (κ2) is 6.20. The summed E-state index contributed by atoms with van der Waals surface area (Å²) < 4.78 is 20.3. The van der Waals surface area contributed by atoms with Crippen molar-refractivity contribution < 1.29 is 13.7 Å². The number of amides is 1. The van der Waals surface area contributed by atoms with Gasteiger partial charge in [-0.05, 0) is 24.3 Å². The van der Waals surface area contributed by atoms with Gasteiger partial charge < -0.3 is 9.84 Å². The number of nitrogens with one attached hydrogen (secondary N) is 1. The average Bonchev–Trinajstić information content (AvgIpc) is 3.23. The third-order valence-electron chi connectivity index (χ3n) is 3.75. The first-order valence-electron chi connectivity index (χ1n) is 7.63. The number of rotatable bonds is 4. The lowest BCUT2D eigenvalue weighted by Crippen LogP contribution is -2.14.